The monoisotopic (exact) mass is 374 g/mol. The van der Waals surface area contributed by atoms with Crippen molar-refractivity contribution in [3.8, 4) is 5.75 Å². The highest BCUT2D eigenvalue weighted by Crippen LogP contribution is 2.41. The third-order valence-corrected chi connectivity index (χ3v) is 6.11. The minimum atomic E-state index is -0.965. The van der Waals surface area contributed by atoms with Gasteiger partial charge < -0.3 is 9.84 Å². The van der Waals surface area contributed by atoms with Gasteiger partial charge in [-0.15, -0.1) is 8.58 Å². The summed E-state index contributed by atoms with van der Waals surface area (Å²) in [6.07, 6.45) is 0.771. The number of carbonyl (C=O) groups excluding carboxylic acids is 1. The van der Waals surface area contributed by atoms with Crippen molar-refractivity contribution in [3.63, 3.8) is 0 Å². The van der Waals surface area contributed by atoms with Gasteiger partial charge >= 0.3 is 5.97 Å². The van der Waals surface area contributed by atoms with Gasteiger partial charge in [-0.05, 0) is 56.3 Å². The minimum Gasteiger partial charge on any atom is -0.425 e. The number of aliphatic hydroxyl groups is 1. The van der Waals surface area contributed by atoms with Gasteiger partial charge in [0.15, 0.2) is 0 Å². The van der Waals surface area contributed by atoms with Crippen LogP contribution in [0.5, 0.6) is 5.75 Å². The first kappa shape index (κ1) is 20.9. The fourth-order valence-corrected chi connectivity index (χ4v) is 4.40. The summed E-state index contributed by atoms with van der Waals surface area (Å²) in [6, 6.07) is 11.4. The Kier molecular flexibility index (Phi) is 5.85. The van der Waals surface area contributed by atoms with Crippen LogP contribution in [0.1, 0.15) is 53.5 Å². The van der Waals surface area contributed by atoms with Gasteiger partial charge in [-0.3, -0.25) is 4.79 Å². The van der Waals surface area contributed by atoms with Crippen LogP contribution in [-0.2, 0) is 10.4 Å². The molecule has 3 nitrogen and oxygen atoms in total. The van der Waals surface area contributed by atoms with Crippen molar-refractivity contribution in [3.05, 3.63) is 42.0 Å². The van der Waals surface area contributed by atoms with Crippen LogP contribution in [0.15, 0.2) is 36.4 Å². The zero-order chi connectivity index (χ0) is 19.8. The second-order valence-electron chi connectivity index (χ2n) is 8.92. The van der Waals surface area contributed by atoms with Gasteiger partial charge in [0.05, 0.1) is 10.8 Å². The van der Waals surface area contributed by atoms with Crippen molar-refractivity contribution in [1.29, 1.82) is 0 Å². The fraction of sp³-hybridized carbons (Fsp3) is 0.500. The van der Waals surface area contributed by atoms with Gasteiger partial charge in [-0.2, -0.15) is 0 Å². The van der Waals surface area contributed by atoms with E-state index in [1.165, 1.54) is 0 Å². The third kappa shape index (κ3) is 4.64. The van der Waals surface area contributed by atoms with Crippen LogP contribution in [0.4, 0.5) is 0 Å². The Hall–Kier alpha value is -1.44. The molecule has 0 spiro atoms. The van der Waals surface area contributed by atoms with E-state index in [9.17, 15) is 9.90 Å². The lowest BCUT2D eigenvalue weighted by Gasteiger charge is -2.32. The Morgan fingerprint density at radius 2 is 1.58 bits per heavy atom. The smallest absolute Gasteiger partial charge is 0.321 e. The second kappa shape index (κ2) is 7.29. The number of benzene rings is 2. The van der Waals surface area contributed by atoms with E-state index in [1.807, 2.05) is 43.3 Å². The van der Waals surface area contributed by atoms with E-state index in [0.29, 0.717) is 14.3 Å². The second-order valence-corrected chi connectivity index (χ2v) is 10.5. The van der Waals surface area contributed by atoms with Gasteiger partial charge in [0.1, 0.15) is 5.75 Å². The van der Waals surface area contributed by atoms with E-state index in [0.717, 1.165) is 22.8 Å². The van der Waals surface area contributed by atoms with E-state index >= 15 is 0 Å². The molecule has 0 radical (unpaired) electrons. The van der Waals surface area contributed by atoms with Gasteiger partial charge in [0, 0.05) is 5.39 Å². The van der Waals surface area contributed by atoms with E-state index in [2.05, 4.69) is 27.4 Å². The molecule has 0 amide bonds. The molecule has 2 aromatic rings. The number of rotatable bonds is 5. The Morgan fingerprint density at radius 3 is 2.12 bits per heavy atom. The van der Waals surface area contributed by atoms with Crippen molar-refractivity contribution >= 4 is 25.3 Å². The molecule has 2 rings (SSSR count). The predicted octanol–water partition coefficient (Wildman–Crippen LogP) is 5.48. The summed E-state index contributed by atoms with van der Waals surface area (Å²) in [5.74, 6) is 0.367. The lowest BCUT2D eigenvalue weighted by atomic mass is 9.85. The molecule has 1 N–H and O–H groups in total. The van der Waals surface area contributed by atoms with Crippen LogP contribution in [0, 0.1) is 5.41 Å². The van der Waals surface area contributed by atoms with Crippen molar-refractivity contribution in [1.82, 2.24) is 0 Å². The molecule has 2 atom stereocenters. The molecule has 0 bridgehead atoms. The molecule has 0 saturated carbocycles. The summed E-state index contributed by atoms with van der Waals surface area (Å²) in [4.78, 5) is 13.0. The zero-order valence-corrected chi connectivity index (χ0v) is 17.9. The van der Waals surface area contributed by atoms with Crippen molar-refractivity contribution in [2.24, 2.45) is 5.41 Å². The van der Waals surface area contributed by atoms with Crippen molar-refractivity contribution in [2.45, 2.75) is 58.7 Å². The zero-order valence-electron chi connectivity index (χ0n) is 16.9. The minimum absolute atomic E-state index is 0.0453. The molecule has 2 unspecified atom stereocenters. The number of ether oxygens (including phenoxy) is 1. The molecule has 26 heavy (non-hydrogen) atoms. The quantitative estimate of drug-likeness (QED) is 0.428. The number of carbonyl (C=O) groups is 1. The van der Waals surface area contributed by atoms with E-state index in [1.54, 1.807) is 13.8 Å². The molecule has 0 aliphatic rings. The van der Waals surface area contributed by atoms with Gasteiger partial charge in [-0.25, -0.2) is 0 Å². The van der Waals surface area contributed by atoms with Crippen molar-refractivity contribution in [2.75, 3.05) is 6.66 Å². The normalized spacial score (nSPS) is 15.4. The average Bonchev–Trinajstić information content (AvgIpc) is 2.52. The van der Waals surface area contributed by atoms with Crippen LogP contribution >= 0.6 is 8.58 Å². The molecule has 0 heterocycles. The standard InChI is InChI=1S/C22H31O3P/c1-20(2,3)14-22(6,26-7)19(23)25-18-13-9-10-15-16(18)11-8-12-17(15)21(4,5)24/h8-13,24,26H,14H2,1-7H3. The Balaban J connectivity index is 2.44. The van der Waals surface area contributed by atoms with Crippen LogP contribution in [0.2, 0.25) is 0 Å². The molecular weight excluding hydrogens is 343 g/mol. The van der Waals surface area contributed by atoms with E-state index in [4.69, 9.17) is 4.74 Å². The maximum Gasteiger partial charge on any atom is 0.321 e. The maximum absolute atomic E-state index is 13.0. The predicted molar refractivity (Wildman–Crippen MR) is 112 cm³/mol. The molecule has 0 saturated heterocycles. The van der Waals surface area contributed by atoms with Gasteiger partial charge in [0.2, 0.25) is 0 Å². The Bertz CT molecular complexity index is 799. The summed E-state index contributed by atoms with van der Waals surface area (Å²) in [5, 5.41) is 11.7. The molecular formula is C22H31O3P. The van der Waals surface area contributed by atoms with E-state index in [-0.39, 0.29) is 11.4 Å². The summed E-state index contributed by atoms with van der Waals surface area (Å²) in [7, 11) is 0.458. The molecule has 0 aliphatic heterocycles. The molecule has 0 aromatic heterocycles. The topological polar surface area (TPSA) is 46.5 Å². The summed E-state index contributed by atoms with van der Waals surface area (Å²) >= 11 is 0. The van der Waals surface area contributed by atoms with Crippen LogP contribution in [0.3, 0.4) is 0 Å². The van der Waals surface area contributed by atoms with Crippen LogP contribution in [-0.4, -0.2) is 22.9 Å². The number of hydrogen-bond acceptors (Lipinski definition) is 3. The van der Waals surface area contributed by atoms with Gasteiger partial charge in [-0.1, -0.05) is 51.1 Å². The fourth-order valence-electron chi connectivity index (χ4n) is 3.44. The highest BCUT2D eigenvalue weighted by Gasteiger charge is 2.37. The van der Waals surface area contributed by atoms with Crippen LogP contribution < -0.4 is 4.74 Å². The van der Waals surface area contributed by atoms with Crippen LogP contribution in [0.25, 0.3) is 10.8 Å². The SMILES string of the molecule is CPC(C)(CC(C)(C)C)C(=O)Oc1cccc2c(C(C)(C)O)cccc12. The first-order valence-electron chi connectivity index (χ1n) is 9.03. The Morgan fingerprint density at radius 1 is 1.00 bits per heavy atom. The summed E-state index contributed by atoms with van der Waals surface area (Å²) < 4.78 is 5.88. The number of esters is 1. The molecule has 142 valence electrons. The highest BCUT2D eigenvalue weighted by atomic mass is 31.1. The summed E-state index contributed by atoms with van der Waals surface area (Å²) in [5.41, 5.74) is -0.0974. The summed E-state index contributed by atoms with van der Waals surface area (Å²) in [6.45, 7) is 14.0. The molecule has 0 fully saturated rings. The first-order chi connectivity index (χ1) is 11.9. The lowest BCUT2D eigenvalue weighted by molar-refractivity contribution is -0.137. The highest BCUT2D eigenvalue weighted by molar-refractivity contribution is 7.40. The number of fused-ring (bicyclic) bond motifs is 1. The van der Waals surface area contributed by atoms with E-state index < -0.39 is 10.8 Å². The maximum atomic E-state index is 13.0. The molecule has 4 heteroatoms. The van der Waals surface area contributed by atoms with Crippen molar-refractivity contribution < 1.29 is 14.6 Å². The first-order valence-corrected chi connectivity index (χ1v) is 10.5. The number of hydrogen-bond donors (Lipinski definition) is 1. The molecule has 0 aliphatic carbocycles. The lowest BCUT2D eigenvalue weighted by Crippen LogP contribution is -2.38. The Labute approximate surface area is 158 Å². The molecule has 2 aromatic carbocycles. The average molecular weight is 374 g/mol. The third-order valence-electron chi connectivity index (χ3n) is 4.63. The van der Waals surface area contributed by atoms with Gasteiger partial charge in [0.25, 0.3) is 0 Å². The largest absolute Gasteiger partial charge is 0.425 e.